The van der Waals surface area contributed by atoms with Crippen LogP contribution in [-0.2, 0) is 9.47 Å². The van der Waals surface area contributed by atoms with Gasteiger partial charge in [0.2, 0.25) is 0 Å². The molecule has 2 aliphatic heterocycles. The van der Waals surface area contributed by atoms with Gasteiger partial charge in [-0.2, -0.15) is 0 Å². The van der Waals surface area contributed by atoms with Gasteiger partial charge in [0.25, 0.3) is 0 Å². The highest BCUT2D eigenvalue weighted by Crippen LogP contribution is 2.26. The Kier molecular flexibility index (Phi) is 7.40. The van der Waals surface area contributed by atoms with E-state index in [1.54, 1.807) is 0 Å². The highest BCUT2D eigenvalue weighted by atomic mass is 16.5. The zero-order valence-corrected chi connectivity index (χ0v) is 13.6. The van der Waals surface area contributed by atoms with Crippen LogP contribution in [-0.4, -0.2) is 73.8 Å². The number of aliphatic hydroxyl groups is 1. The van der Waals surface area contributed by atoms with Crippen molar-refractivity contribution in [3.63, 3.8) is 0 Å². The van der Waals surface area contributed by atoms with E-state index in [9.17, 15) is 5.11 Å². The minimum absolute atomic E-state index is 0.237. The maximum Gasteiger partial charge on any atom is 0.0897 e. The number of aliphatic hydroxyl groups excluding tert-OH is 1. The predicted octanol–water partition coefficient (Wildman–Crippen LogP) is 1.01. The minimum Gasteiger partial charge on any atom is -0.389 e. The molecule has 2 aliphatic rings. The van der Waals surface area contributed by atoms with E-state index in [0.717, 1.165) is 0 Å². The molecule has 0 aromatic carbocycles. The van der Waals surface area contributed by atoms with Crippen LogP contribution < -0.4 is 5.32 Å². The van der Waals surface area contributed by atoms with Crippen LogP contribution in [0.5, 0.6) is 0 Å². The lowest BCUT2D eigenvalue weighted by molar-refractivity contribution is -0.0108. The minimum atomic E-state index is -0.429. The second-order valence-electron chi connectivity index (χ2n) is 6.55. The summed E-state index contributed by atoms with van der Waals surface area (Å²) in [6.45, 7) is 8.64. The number of piperidine rings is 1. The first-order valence-corrected chi connectivity index (χ1v) is 8.51. The van der Waals surface area contributed by atoms with Crippen LogP contribution in [0.25, 0.3) is 0 Å². The van der Waals surface area contributed by atoms with Gasteiger partial charge < -0.3 is 19.9 Å². The molecular formula is C16H32N2O3. The molecule has 3 atom stereocenters. The van der Waals surface area contributed by atoms with Gasteiger partial charge in [-0.3, -0.25) is 4.90 Å². The van der Waals surface area contributed by atoms with E-state index in [-0.39, 0.29) is 6.10 Å². The molecule has 2 rings (SSSR count). The van der Waals surface area contributed by atoms with Gasteiger partial charge in [-0.25, -0.2) is 0 Å². The number of ether oxygens (including phenoxy) is 2. The van der Waals surface area contributed by atoms with Crippen molar-refractivity contribution in [1.82, 2.24) is 10.2 Å². The molecule has 5 heteroatoms. The molecule has 3 unspecified atom stereocenters. The van der Waals surface area contributed by atoms with Gasteiger partial charge in [0.05, 0.1) is 32.0 Å². The Labute approximate surface area is 129 Å². The van der Waals surface area contributed by atoms with Crippen molar-refractivity contribution in [3.05, 3.63) is 0 Å². The average molecular weight is 300 g/mol. The number of nitrogens with zero attached hydrogens (tertiary/aromatic N) is 1. The molecular weight excluding hydrogens is 268 g/mol. The van der Waals surface area contributed by atoms with E-state index in [2.05, 4.69) is 10.2 Å². The number of hydrogen-bond acceptors (Lipinski definition) is 5. The first-order chi connectivity index (χ1) is 10.2. The standard InChI is InChI=1S/C16H32N2O3/c1-13(2)21-10-9-20-12-14(19)11-17-15-6-8-18-7-4-3-5-16(15)18/h13-17,19H,3-12H2,1-2H3. The number of fused-ring (bicyclic) bond motifs is 1. The Hall–Kier alpha value is -0.200. The molecule has 0 bridgehead atoms. The van der Waals surface area contributed by atoms with Crippen LogP contribution in [0.2, 0.25) is 0 Å². The summed E-state index contributed by atoms with van der Waals surface area (Å²) in [7, 11) is 0. The smallest absolute Gasteiger partial charge is 0.0897 e. The third-order valence-corrected chi connectivity index (χ3v) is 4.46. The summed E-state index contributed by atoms with van der Waals surface area (Å²) in [5, 5.41) is 13.5. The Morgan fingerprint density at radius 1 is 1.19 bits per heavy atom. The van der Waals surface area contributed by atoms with E-state index in [4.69, 9.17) is 9.47 Å². The van der Waals surface area contributed by atoms with E-state index in [0.29, 0.717) is 38.4 Å². The van der Waals surface area contributed by atoms with Gasteiger partial charge in [-0.1, -0.05) is 6.42 Å². The zero-order valence-electron chi connectivity index (χ0n) is 13.6. The van der Waals surface area contributed by atoms with Gasteiger partial charge in [0, 0.05) is 25.2 Å². The molecule has 124 valence electrons. The Morgan fingerprint density at radius 3 is 2.86 bits per heavy atom. The summed E-state index contributed by atoms with van der Waals surface area (Å²) < 4.78 is 10.8. The lowest BCUT2D eigenvalue weighted by Crippen LogP contribution is -2.47. The molecule has 2 heterocycles. The van der Waals surface area contributed by atoms with Gasteiger partial charge in [0.15, 0.2) is 0 Å². The normalized spacial score (nSPS) is 28.0. The van der Waals surface area contributed by atoms with Gasteiger partial charge >= 0.3 is 0 Å². The monoisotopic (exact) mass is 300 g/mol. The quantitative estimate of drug-likeness (QED) is 0.622. The molecule has 2 fully saturated rings. The maximum absolute atomic E-state index is 9.97. The first kappa shape index (κ1) is 17.2. The molecule has 0 saturated carbocycles. The topological polar surface area (TPSA) is 54.0 Å². The Bertz CT molecular complexity index is 289. The number of rotatable bonds is 9. The third kappa shape index (κ3) is 5.83. The molecule has 0 aliphatic carbocycles. The summed E-state index contributed by atoms with van der Waals surface area (Å²) >= 11 is 0. The molecule has 5 nitrogen and oxygen atoms in total. The SMILES string of the molecule is CC(C)OCCOCC(O)CNC1CCN2CCCCC12. The second-order valence-corrected chi connectivity index (χ2v) is 6.55. The molecule has 0 amide bonds. The van der Waals surface area contributed by atoms with E-state index in [1.165, 1.54) is 38.8 Å². The van der Waals surface area contributed by atoms with Gasteiger partial charge in [-0.15, -0.1) is 0 Å². The van der Waals surface area contributed by atoms with Crippen LogP contribution in [0.4, 0.5) is 0 Å². The molecule has 2 N–H and O–H groups in total. The largest absolute Gasteiger partial charge is 0.389 e. The fourth-order valence-corrected chi connectivity index (χ4v) is 3.39. The molecule has 2 saturated heterocycles. The molecule has 0 spiro atoms. The van der Waals surface area contributed by atoms with Crippen molar-refractivity contribution >= 4 is 0 Å². The van der Waals surface area contributed by atoms with E-state index >= 15 is 0 Å². The van der Waals surface area contributed by atoms with Crippen molar-refractivity contribution < 1.29 is 14.6 Å². The molecule has 0 radical (unpaired) electrons. The van der Waals surface area contributed by atoms with Crippen molar-refractivity contribution in [2.45, 2.75) is 63.8 Å². The number of nitrogens with one attached hydrogen (secondary N) is 1. The zero-order chi connectivity index (χ0) is 15.1. The van der Waals surface area contributed by atoms with Crippen molar-refractivity contribution in [2.75, 3.05) is 39.5 Å². The molecule has 0 aromatic rings. The van der Waals surface area contributed by atoms with Gasteiger partial charge in [-0.05, 0) is 39.7 Å². The fraction of sp³-hybridized carbons (Fsp3) is 1.00. The van der Waals surface area contributed by atoms with Crippen LogP contribution in [0.15, 0.2) is 0 Å². The third-order valence-electron chi connectivity index (χ3n) is 4.46. The number of hydrogen-bond donors (Lipinski definition) is 2. The lowest BCUT2D eigenvalue weighted by Gasteiger charge is -2.33. The Morgan fingerprint density at radius 2 is 2.05 bits per heavy atom. The van der Waals surface area contributed by atoms with Gasteiger partial charge in [0.1, 0.15) is 0 Å². The summed E-state index contributed by atoms with van der Waals surface area (Å²) in [6.07, 6.45) is 5.01. The Balaban J connectivity index is 1.53. The van der Waals surface area contributed by atoms with Crippen molar-refractivity contribution in [3.8, 4) is 0 Å². The summed E-state index contributed by atoms with van der Waals surface area (Å²) in [5.74, 6) is 0. The second kappa shape index (κ2) is 9.06. The van der Waals surface area contributed by atoms with Crippen LogP contribution in [0.1, 0.15) is 39.5 Å². The lowest BCUT2D eigenvalue weighted by atomic mass is 9.99. The van der Waals surface area contributed by atoms with E-state index < -0.39 is 6.10 Å². The summed E-state index contributed by atoms with van der Waals surface area (Å²) in [5.41, 5.74) is 0. The predicted molar refractivity (Wildman–Crippen MR) is 83.5 cm³/mol. The van der Waals surface area contributed by atoms with Crippen LogP contribution in [0, 0.1) is 0 Å². The van der Waals surface area contributed by atoms with Crippen molar-refractivity contribution in [2.24, 2.45) is 0 Å². The average Bonchev–Trinajstić information content (AvgIpc) is 2.87. The van der Waals surface area contributed by atoms with Crippen molar-refractivity contribution in [1.29, 1.82) is 0 Å². The summed E-state index contributed by atoms with van der Waals surface area (Å²) in [4.78, 5) is 2.60. The summed E-state index contributed by atoms with van der Waals surface area (Å²) in [6, 6.07) is 1.23. The highest BCUT2D eigenvalue weighted by molar-refractivity contribution is 4.94. The van der Waals surface area contributed by atoms with Crippen LogP contribution in [0.3, 0.4) is 0 Å². The first-order valence-electron chi connectivity index (χ1n) is 8.51. The highest BCUT2D eigenvalue weighted by Gasteiger charge is 2.35. The maximum atomic E-state index is 9.97. The molecule has 0 aromatic heterocycles. The van der Waals surface area contributed by atoms with Crippen LogP contribution >= 0.6 is 0 Å². The fourth-order valence-electron chi connectivity index (χ4n) is 3.39. The molecule has 21 heavy (non-hydrogen) atoms. The van der Waals surface area contributed by atoms with E-state index in [1.807, 2.05) is 13.8 Å².